The number of rotatable bonds is 3. The summed E-state index contributed by atoms with van der Waals surface area (Å²) in [5.74, 6) is -0.535. The Bertz CT molecular complexity index is 336. The summed E-state index contributed by atoms with van der Waals surface area (Å²) in [6, 6.07) is -0.660. The van der Waals surface area contributed by atoms with E-state index in [0.717, 1.165) is 0 Å². The van der Waals surface area contributed by atoms with Crippen molar-refractivity contribution in [2.24, 2.45) is 5.92 Å². The molecule has 1 fully saturated rings. The fourth-order valence-corrected chi connectivity index (χ4v) is 2.29. The Hall–Kier alpha value is -1.30. The van der Waals surface area contributed by atoms with Gasteiger partial charge in [-0.2, -0.15) is 0 Å². The van der Waals surface area contributed by atoms with Gasteiger partial charge in [-0.3, -0.25) is 4.90 Å². The summed E-state index contributed by atoms with van der Waals surface area (Å²) >= 11 is 0. The van der Waals surface area contributed by atoms with Crippen molar-refractivity contribution in [1.29, 1.82) is 0 Å². The zero-order valence-corrected chi connectivity index (χ0v) is 12.0. The lowest BCUT2D eigenvalue weighted by Crippen LogP contribution is -2.46. The molecule has 1 aliphatic rings. The van der Waals surface area contributed by atoms with Crippen LogP contribution in [0.2, 0.25) is 0 Å². The van der Waals surface area contributed by atoms with Crippen LogP contribution in [0.4, 0.5) is 4.79 Å². The molecule has 1 aliphatic heterocycles. The van der Waals surface area contributed by atoms with E-state index in [9.17, 15) is 9.59 Å². The molecular weight excluding hydrogens is 250 g/mol. The fraction of sp³-hybridized carbons (Fsp3) is 0.846. The highest BCUT2D eigenvalue weighted by molar-refractivity contribution is 5.82. The fourth-order valence-electron chi connectivity index (χ4n) is 2.29. The monoisotopic (exact) mass is 273 g/mol. The molecule has 1 rings (SSSR count). The number of methoxy groups -OCH3 is 1. The smallest absolute Gasteiger partial charge is 0.411 e. The van der Waals surface area contributed by atoms with Crippen molar-refractivity contribution < 1.29 is 24.2 Å². The van der Waals surface area contributed by atoms with Gasteiger partial charge in [0.05, 0.1) is 7.11 Å². The predicted molar refractivity (Wildman–Crippen MR) is 68.6 cm³/mol. The number of carbonyl (C=O) groups excluding carboxylic acids is 2. The van der Waals surface area contributed by atoms with Crippen LogP contribution in [0, 0.1) is 5.92 Å². The first-order valence-corrected chi connectivity index (χ1v) is 6.48. The molecule has 0 bridgehead atoms. The molecule has 6 nitrogen and oxygen atoms in total. The van der Waals surface area contributed by atoms with E-state index in [0.29, 0.717) is 19.4 Å². The maximum atomic E-state index is 12.1. The van der Waals surface area contributed by atoms with Crippen molar-refractivity contribution in [2.45, 2.75) is 45.3 Å². The molecule has 1 amide bonds. The largest absolute Gasteiger partial charge is 0.467 e. The normalized spacial score (nSPS) is 23.3. The lowest BCUT2D eigenvalue weighted by Gasteiger charge is -2.28. The molecule has 1 N–H and O–H groups in total. The third kappa shape index (κ3) is 4.09. The van der Waals surface area contributed by atoms with Crippen LogP contribution in [0.15, 0.2) is 0 Å². The van der Waals surface area contributed by atoms with Crippen molar-refractivity contribution in [3.8, 4) is 0 Å². The highest BCUT2D eigenvalue weighted by atomic mass is 16.6. The minimum atomic E-state index is -0.660. The van der Waals surface area contributed by atoms with Crippen LogP contribution in [-0.4, -0.2) is 54.0 Å². The van der Waals surface area contributed by atoms with Crippen LogP contribution in [0.3, 0.4) is 0 Å². The van der Waals surface area contributed by atoms with Crippen LogP contribution in [-0.2, 0) is 14.3 Å². The number of hydrogen-bond acceptors (Lipinski definition) is 5. The second-order valence-electron chi connectivity index (χ2n) is 5.70. The van der Waals surface area contributed by atoms with E-state index >= 15 is 0 Å². The van der Waals surface area contributed by atoms with Crippen molar-refractivity contribution >= 4 is 12.1 Å². The first-order valence-electron chi connectivity index (χ1n) is 6.48. The quantitative estimate of drug-likeness (QED) is 0.781. The van der Waals surface area contributed by atoms with Crippen molar-refractivity contribution in [3.63, 3.8) is 0 Å². The summed E-state index contributed by atoms with van der Waals surface area (Å²) in [5, 5.41) is 9.02. The molecular formula is C13H23NO5. The van der Waals surface area contributed by atoms with E-state index in [1.165, 1.54) is 12.0 Å². The number of ether oxygens (including phenoxy) is 2. The molecule has 6 heteroatoms. The van der Waals surface area contributed by atoms with Crippen molar-refractivity contribution in [2.75, 3.05) is 20.3 Å². The number of esters is 1. The minimum absolute atomic E-state index is 0.0136. The van der Waals surface area contributed by atoms with Gasteiger partial charge in [-0.15, -0.1) is 0 Å². The SMILES string of the molecule is COC(=O)[C@@H]1[C@@H](CCO)CCN1C(=O)OC(C)(C)C. The number of carbonyl (C=O) groups is 2. The molecule has 0 aromatic carbocycles. The average molecular weight is 273 g/mol. The van der Waals surface area contributed by atoms with Gasteiger partial charge < -0.3 is 14.6 Å². The minimum Gasteiger partial charge on any atom is -0.467 e. The molecule has 0 radical (unpaired) electrons. The third-order valence-electron chi connectivity index (χ3n) is 3.09. The first kappa shape index (κ1) is 15.8. The standard InChI is InChI=1S/C13H23NO5/c1-13(2,3)19-12(17)14-7-5-9(6-8-15)10(14)11(16)18-4/h9-10,15H,5-8H2,1-4H3/t9-,10+/m1/s1. The molecule has 19 heavy (non-hydrogen) atoms. The molecule has 0 spiro atoms. The molecule has 0 aliphatic carbocycles. The highest BCUT2D eigenvalue weighted by Crippen LogP contribution is 2.29. The summed E-state index contributed by atoms with van der Waals surface area (Å²) in [6.07, 6.45) is 0.627. The number of nitrogens with zero attached hydrogens (tertiary/aromatic N) is 1. The molecule has 2 atom stereocenters. The molecule has 1 heterocycles. The van der Waals surface area contributed by atoms with Gasteiger partial charge in [0.2, 0.25) is 0 Å². The zero-order chi connectivity index (χ0) is 14.6. The van der Waals surface area contributed by atoms with Crippen LogP contribution in [0.5, 0.6) is 0 Å². The molecule has 110 valence electrons. The number of likely N-dealkylation sites (tertiary alicyclic amines) is 1. The number of amides is 1. The second kappa shape index (κ2) is 6.23. The maximum Gasteiger partial charge on any atom is 0.411 e. The van der Waals surface area contributed by atoms with Gasteiger partial charge in [-0.05, 0) is 39.5 Å². The van der Waals surface area contributed by atoms with E-state index in [4.69, 9.17) is 14.6 Å². The Balaban J connectivity index is 2.81. The van der Waals surface area contributed by atoms with Crippen LogP contribution in [0.1, 0.15) is 33.6 Å². The number of hydrogen-bond donors (Lipinski definition) is 1. The van der Waals surface area contributed by atoms with Crippen LogP contribution >= 0.6 is 0 Å². The van der Waals surface area contributed by atoms with Crippen LogP contribution in [0.25, 0.3) is 0 Å². The van der Waals surface area contributed by atoms with Gasteiger partial charge in [-0.25, -0.2) is 9.59 Å². The van der Waals surface area contributed by atoms with Gasteiger partial charge in [-0.1, -0.05) is 0 Å². The molecule has 1 saturated heterocycles. The maximum absolute atomic E-state index is 12.1. The van der Waals surface area contributed by atoms with Crippen LogP contribution < -0.4 is 0 Å². The topological polar surface area (TPSA) is 76.1 Å². The van der Waals surface area contributed by atoms with Gasteiger partial charge in [0.15, 0.2) is 0 Å². The van der Waals surface area contributed by atoms with E-state index < -0.39 is 23.7 Å². The average Bonchev–Trinajstić information content (AvgIpc) is 2.70. The van der Waals surface area contributed by atoms with Gasteiger partial charge in [0, 0.05) is 13.2 Å². The van der Waals surface area contributed by atoms with E-state index in [1.54, 1.807) is 20.8 Å². The lowest BCUT2D eigenvalue weighted by atomic mass is 9.97. The summed E-state index contributed by atoms with van der Waals surface area (Å²) in [5.41, 5.74) is -0.604. The second-order valence-corrected chi connectivity index (χ2v) is 5.70. The Morgan fingerprint density at radius 1 is 1.37 bits per heavy atom. The predicted octanol–water partition coefficient (Wildman–Crippen LogP) is 1.17. The first-order chi connectivity index (χ1) is 8.80. The molecule has 0 aromatic heterocycles. The Kier molecular flexibility index (Phi) is 5.17. The summed E-state index contributed by atoms with van der Waals surface area (Å²) < 4.78 is 10.0. The number of aliphatic hydroxyl groups excluding tert-OH is 1. The van der Waals surface area contributed by atoms with E-state index in [-0.39, 0.29) is 12.5 Å². The molecule has 0 unspecified atom stereocenters. The molecule has 0 aromatic rings. The molecule has 0 saturated carbocycles. The highest BCUT2D eigenvalue weighted by Gasteiger charge is 2.43. The Morgan fingerprint density at radius 3 is 2.47 bits per heavy atom. The van der Waals surface area contributed by atoms with Crippen molar-refractivity contribution in [1.82, 2.24) is 4.90 Å². The van der Waals surface area contributed by atoms with E-state index in [2.05, 4.69) is 0 Å². The Labute approximate surface area is 113 Å². The van der Waals surface area contributed by atoms with Gasteiger partial charge in [0.25, 0.3) is 0 Å². The third-order valence-corrected chi connectivity index (χ3v) is 3.09. The summed E-state index contributed by atoms with van der Waals surface area (Å²) in [4.78, 5) is 25.3. The van der Waals surface area contributed by atoms with Crippen molar-refractivity contribution in [3.05, 3.63) is 0 Å². The van der Waals surface area contributed by atoms with Gasteiger partial charge >= 0.3 is 12.1 Å². The zero-order valence-electron chi connectivity index (χ0n) is 12.0. The summed E-state index contributed by atoms with van der Waals surface area (Å²) in [7, 11) is 1.30. The van der Waals surface area contributed by atoms with E-state index in [1.807, 2.05) is 0 Å². The number of aliphatic hydroxyl groups is 1. The Morgan fingerprint density at radius 2 is 2.00 bits per heavy atom. The lowest BCUT2D eigenvalue weighted by molar-refractivity contribution is -0.147. The summed E-state index contributed by atoms with van der Waals surface area (Å²) in [6.45, 7) is 5.76. The van der Waals surface area contributed by atoms with Gasteiger partial charge in [0.1, 0.15) is 11.6 Å².